The van der Waals surface area contributed by atoms with E-state index in [4.69, 9.17) is 0 Å². The first kappa shape index (κ1) is 21.2. The number of carbonyl (C=O) groups is 1. The van der Waals surface area contributed by atoms with Crippen molar-refractivity contribution in [3.05, 3.63) is 36.0 Å². The molecule has 27 heavy (non-hydrogen) atoms. The van der Waals surface area contributed by atoms with Crippen molar-refractivity contribution >= 4 is 11.7 Å². The molecule has 2 heterocycles. The summed E-state index contributed by atoms with van der Waals surface area (Å²) in [7, 11) is 0. The molecule has 1 saturated heterocycles. The largest absolute Gasteiger partial charge is 0.417 e. The Bertz CT molecular complexity index is 645. The van der Waals surface area contributed by atoms with E-state index < -0.39 is 11.7 Å². The Kier molecular flexibility index (Phi) is 7.24. The maximum absolute atomic E-state index is 12.7. The molecule has 1 aliphatic rings. The third-order valence-corrected chi connectivity index (χ3v) is 4.54. The minimum absolute atomic E-state index is 0.0709. The van der Waals surface area contributed by atoms with Crippen molar-refractivity contribution in [2.45, 2.75) is 26.4 Å². The molecule has 1 fully saturated rings. The van der Waals surface area contributed by atoms with Gasteiger partial charge in [-0.05, 0) is 32.4 Å². The summed E-state index contributed by atoms with van der Waals surface area (Å²) < 4.78 is 38.0. The van der Waals surface area contributed by atoms with Gasteiger partial charge in [-0.15, -0.1) is 0 Å². The Labute approximate surface area is 158 Å². The second kappa shape index (κ2) is 9.21. The third kappa shape index (κ3) is 6.23. The average molecular weight is 384 g/mol. The van der Waals surface area contributed by atoms with Crippen molar-refractivity contribution in [3.63, 3.8) is 0 Å². The fourth-order valence-electron chi connectivity index (χ4n) is 3.09. The van der Waals surface area contributed by atoms with Gasteiger partial charge in [0.1, 0.15) is 5.82 Å². The predicted octanol–water partition coefficient (Wildman–Crippen LogP) is 3.04. The highest BCUT2D eigenvalue weighted by Crippen LogP contribution is 2.29. The zero-order chi connectivity index (χ0) is 20.0. The first-order valence-corrected chi connectivity index (χ1v) is 9.13. The van der Waals surface area contributed by atoms with Crippen molar-refractivity contribution in [3.8, 4) is 0 Å². The van der Waals surface area contributed by atoms with Crippen LogP contribution < -0.4 is 4.90 Å². The predicted molar refractivity (Wildman–Crippen MR) is 99.6 cm³/mol. The van der Waals surface area contributed by atoms with E-state index >= 15 is 0 Å². The normalized spacial score (nSPS) is 16.1. The molecule has 150 valence electrons. The van der Waals surface area contributed by atoms with Crippen LogP contribution in [0.5, 0.6) is 0 Å². The number of alkyl halides is 3. The molecule has 1 aliphatic heterocycles. The number of likely N-dealkylation sites (N-methyl/N-ethyl adjacent to an activating group) is 1. The summed E-state index contributed by atoms with van der Waals surface area (Å²) in [6.07, 6.45) is -2.68. The molecule has 0 aromatic carbocycles. The lowest BCUT2D eigenvalue weighted by Crippen LogP contribution is -2.42. The number of amides is 1. The molecule has 0 spiro atoms. The molecule has 0 unspecified atom stereocenters. The van der Waals surface area contributed by atoms with E-state index in [0.717, 1.165) is 30.8 Å². The summed E-state index contributed by atoms with van der Waals surface area (Å²) in [6, 6.07) is 2.47. The summed E-state index contributed by atoms with van der Waals surface area (Å²) in [5.74, 6) is 0.607. The summed E-state index contributed by atoms with van der Waals surface area (Å²) in [5, 5.41) is 0. The van der Waals surface area contributed by atoms with Crippen molar-refractivity contribution in [2.75, 3.05) is 50.7 Å². The first-order chi connectivity index (χ1) is 12.7. The van der Waals surface area contributed by atoms with Gasteiger partial charge in [-0.2, -0.15) is 13.2 Å². The summed E-state index contributed by atoms with van der Waals surface area (Å²) >= 11 is 0. The fourth-order valence-corrected chi connectivity index (χ4v) is 3.09. The molecule has 1 aromatic rings. The monoisotopic (exact) mass is 384 g/mol. The Morgan fingerprint density at radius 3 is 2.56 bits per heavy atom. The molecule has 0 radical (unpaired) electrons. The van der Waals surface area contributed by atoms with Crippen molar-refractivity contribution < 1.29 is 18.0 Å². The van der Waals surface area contributed by atoms with E-state index in [0.29, 0.717) is 45.1 Å². The molecule has 0 atom stereocenters. The number of hydrogen-bond acceptors (Lipinski definition) is 4. The average Bonchev–Trinajstić information content (AvgIpc) is 2.84. The summed E-state index contributed by atoms with van der Waals surface area (Å²) in [4.78, 5) is 22.3. The van der Waals surface area contributed by atoms with Crippen LogP contribution in [-0.4, -0.2) is 66.5 Å². The first-order valence-electron chi connectivity index (χ1n) is 9.13. The second-order valence-electron chi connectivity index (χ2n) is 6.88. The number of nitrogens with zero attached hydrogens (tertiary/aromatic N) is 4. The number of anilines is 1. The molecule has 1 amide bonds. The number of carbonyl (C=O) groups excluding carboxylic acids is 1. The molecule has 0 saturated carbocycles. The molecule has 1 aromatic heterocycles. The quantitative estimate of drug-likeness (QED) is 0.707. The smallest absolute Gasteiger partial charge is 0.355 e. The van der Waals surface area contributed by atoms with Crippen LogP contribution in [0.15, 0.2) is 30.5 Å². The standard InChI is InChI=1S/C19H27F3N4O/c1-4-25(13-15(2)3)18(27)14-24-8-5-9-26(11-10-24)17-7-6-16(12-23-17)19(20,21)22/h6-7,12H,2,4-5,8-11,13-14H2,1,3H3. The number of hydrogen-bond donors (Lipinski definition) is 0. The lowest BCUT2D eigenvalue weighted by molar-refractivity contribution is -0.137. The van der Waals surface area contributed by atoms with Gasteiger partial charge in [0.05, 0.1) is 12.1 Å². The van der Waals surface area contributed by atoms with E-state index in [9.17, 15) is 18.0 Å². The Hall–Kier alpha value is -2.09. The van der Waals surface area contributed by atoms with E-state index in [2.05, 4.69) is 16.5 Å². The molecule has 0 aliphatic carbocycles. The molecule has 8 heteroatoms. The maximum atomic E-state index is 12.7. The highest BCUT2D eigenvalue weighted by Gasteiger charge is 2.31. The highest BCUT2D eigenvalue weighted by atomic mass is 19.4. The fraction of sp³-hybridized carbons (Fsp3) is 0.579. The van der Waals surface area contributed by atoms with Crippen LogP contribution in [-0.2, 0) is 11.0 Å². The van der Waals surface area contributed by atoms with Crippen LogP contribution in [0.4, 0.5) is 19.0 Å². The molecule has 2 rings (SSSR count). The van der Waals surface area contributed by atoms with Gasteiger partial charge < -0.3 is 9.80 Å². The third-order valence-electron chi connectivity index (χ3n) is 4.54. The van der Waals surface area contributed by atoms with Crippen molar-refractivity contribution in [1.82, 2.24) is 14.8 Å². The SMILES string of the molecule is C=C(C)CN(CC)C(=O)CN1CCCN(c2ccc(C(F)(F)F)cn2)CC1. The van der Waals surface area contributed by atoms with Crippen LogP contribution in [0, 0.1) is 0 Å². The van der Waals surface area contributed by atoms with E-state index in [1.807, 2.05) is 18.7 Å². The maximum Gasteiger partial charge on any atom is 0.417 e. The van der Waals surface area contributed by atoms with E-state index in [1.54, 1.807) is 4.90 Å². The van der Waals surface area contributed by atoms with Gasteiger partial charge in [-0.1, -0.05) is 12.2 Å². The Morgan fingerprint density at radius 1 is 1.26 bits per heavy atom. The van der Waals surface area contributed by atoms with Gasteiger partial charge in [0, 0.05) is 45.5 Å². The molecular weight excluding hydrogens is 357 g/mol. The second-order valence-corrected chi connectivity index (χ2v) is 6.88. The zero-order valence-electron chi connectivity index (χ0n) is 15.9. The summed E-state index contributed by atoms with van der Waals surface area (Å²) in [6.45, 7) is 12.0. The zero-order valence-corrected chi connectivity index (χ0v) is 15.9. The van der Waals surface area contributed by atoms with E-state index in [-0.39, 0.29) is 5.91 Å². The minimum Gasteiger partial charge on any atom is -0.355 e. The van der Waals surface area contributed by atoms with Crippen LogP contribution in [0.25, 0.3) is 0 Å². The highest BCUT2D eigenvalue weighted by molar-refractivity contribution is 5.78. The van der Waals surface area contributed by atoms with E-state index in [1.165, 1.54) is 6.07 Å². The molecule has 5 nitrogen and oxygen atoms in total. The van der Waals surface area contributed by atoms with Crippen LogP contribution >= 0.6 is 0 Å². The number of halogens is 3. The van der Waals surface area contributed by atoms with Gasteiger partial charge in [0.25, 0.3) is 0 Å². The van der Waals surface area contributed by atoms with Gasteiger partial charge >= 0.3 is 6.18 Å². The van der Waals surface area contributed by atoms with Gasteiger partial charge in [0.2, 0.25) is 5.91 Å². The summed E-state index contributed by atoms with van der Waals surface area (Å²) in [5.41, 5.74) is 0.200. The molecule has 0 N–H and O–H groups in total. The lowest BCUT2D eigenvalue weighted by Gasteiger charge is -2.26. The van der Waals surface area contributed by atoms with Gasteiger partial charge in [-0.25, -0.2) is 4.98 Å². The minimum atomic E-state index is -4.38. The topological polar surface area (TPSA) is 39.7 Å². The number of aromatic nitrogens is 1. The van der Waals surface area contributed by atoms with Gasteiger partial charge in [-0.3, -0.25) is 9.69 Å². The van der Waals surface area contributed by atoms with Crippen LogP contribution in [0.2, 0.25) is 0 Å². The Morgan fingerprint density at radius 2 is 2.00 bits per heavy atom. The molecule has 0 bridgehead atoms. The lowest BCUT2D eigenvalue weighted by atomic mass is 10.2. The number of pyridine rings is 1. The van der Waals surface area contributed by atoms with Crippen LogP contribution in [0.1, 0.15) is 25.8 Å². The number of rotatable bonds is 6. The van der Waals surface area contributed by atoms with Crippen LogP contribution in [0.3, 0.4) is 0 Å². The Balaban J connectivity index is 1.93. The van der Waals surface area contributed by atoms with Crippen molar-refractivity contribution in [1.29, 1.82) is 0 Å². The van der Waals surface area contributed by atoms with Gasteiger partial charge in [0.15, 0.2) is 0 Å². The van der Waals surface area contributed by atoms with Crippen molar-refractivity contribution in [2.24, 2.45) is 0 Å². The molecular formula is C19H27F3N4O.